The van der Waals surface area contributed by atoms with E-state index in [1.165, 1.54) is 24.1 Å². The highest BCUT2D eigenvalue weighted by Crippen LogP contribution is 2.29. The molecule has 164 valence electrons. The zero-order valence-corrected chi connectivity index (χ0v) is 18.6. The summed E-state index contributed by atoms with van der Waals surface area (Å²) in [5.74, 6) is 1.79. The highest BCUT2D eigenvalue weighted by Gasteiger charge is 2.24. The van der Waals surface area contributed by atoms with Crippen molar-refractivity contribution in [2.24, 2.45) is 0 Å². The third-order valence-electron chi connectivity index (χ3n) is 6.22. The van der Waals surface area contributed by atoms with E-state index < -0.39 is 0 Å². The first kappa shape index (κ1) is 21.3. The van der Waals surface area contributed by atoms with Gasteiger partial charge in [0.05, 0.1) is 5.69 Å². The summed E-state index contributed by atoms with van der Waals surface area (Å²) in [6.07, 6.45) is 12.0. The minimum atomic E-state index is -0.0195. The number of aromatic nitrogens is 2. The molecule has 0 bridgehead atoms. The summed E-state index contributed by atoms with van der Waals surface area (Å²) in [5.41, 5.74) is 3.56. The average Bonchev–Trinajstić information content (AvgIpc) is 2.79. The molecule has 0 unspecified atom stereocenters. The second-order valence-corrected chi connectivity index (χ2v) is 8.84. The number of carbonyl (C=O) groups is 1. The first-order valence-electron chi connectivity index (χ1n) is 11.5. The number of fused-ring (bicyclic) bond motifs is 1. The van der Waals surface area contributed by atoms with Gasteiger partial charge in [-0.25, -0.2) is 4.98 Å². The van der Waals surface area contributed by atoms with Crippen LogP contribution in [0.1, 0.15) is 55.3 Å². The Balaban J connectivity index is 1.30. The van der Waals surface area contributed by atoms with Crippen molar-refractivity contribution in [3.05, 3.63) is 53.2 Å². The molecule has 0 atom stereocenters. The summed E-state index contributed by atoms with van der Waals surface area (Å²) in [4.78, 5) is 24.0. The predicted molar refractivity (Wildman–Crippen MR) is 126 cm³/mol. The number of nitrogens with one attached hydrogen (secondary N) is 2. The molecule has 1 saturated carbocycles. The monoisotopic (exact) mass is 419 g/mol. The van der Waals surface area contributed by atoms with Gasteiger partial charge in [-0.2, -0.15) is 4.98 Å². The Labute approximate surface area is 185 Å². The topological polar surface area (TPSA) is 70.2 Å². The molecule has 1 fully saturated rings. The Morgan fingerprint density at radius 3 is 2.45 bits per heavy atom. The number of anilines is 2. The smallest absolute Gasteiger partial charge is 0.244 e. The highest BCUT2D eigenvalue weighted by molar-refractivity contribution is 5.91. The zero-order chi connectivity index (χ0) is 21.6. The second-order valence-electron chi connectivity index (χ2n) is 8.84. The molecule has 2 N–H and O–H groups in total. The van der Waals surface area contributed by atoms with Gasteiger partial charge in [-0.3, -0.25) is 4.79 Å². The lowest BCUT2D eigenvalue weighted by Crippen LogP contribution is -2.39. The average molecular weight is 420 g/mol. The molecule has 0 radical (unpaired) electrons. The van der Waals surface area contributed by atoms with Crippen molar-refractivity contribution in [1.29, 1.82) is 0 Å². The van der Waals surface area contributed by atoms with E-state index in [-0.39, 0.29) is 11.9 Å². The summed E-state index contributed by atoms with van der Waals surface area (Å²) in [7, 11) is 4.11. The Hall–Kier alpha value is -2.89. The number of hydrogen-bond acceptors (Lipinski definition) is 5. The number of amides is 1. The summed E-state index contributed by atoms with van der Waals surface area (Å²) in [6, 6.07) is 10.5. The number of nitrogens with zero attached hydrogens (tertiary/aromatic N) is 3. The predicted octanol–water partition coefficient (Wildman–Crippen LogP) is 3.97. The van der Waals surface area contributed by atoms with Crippen molar-refractivity contribution in [3.63, 3.8) is 0 Å². The first-order chi connectivity index (χ1) is 15.1. The Kier molecular flexibility index (Phi) is 6.85. The normalized spacial score (nSPS) is 20.8. The van der Waals surface area contributed by atoms with Crippen LogP contribution in [0.3, 0.4) is 0 Å². The highest BCUT2D eigenvalue weighted by atomic mass is 16.1. The van der Waals surface area contributed by atoms with Crippen LogP contribution < -0.4 is 15.5 Å². The van der Waals surface area contributed by atoms with Crippen molar-refractivity contribution < 1.29 is 4.79 Å². The third-order valence-corrected chi connectivity index (χ3v) is 6.22. The second kappa shape index (κ2) is 9.94. The molecule has 1 aromatic heterocycles. The fourth-order valence-electron chi connectivity index (χ4n) is 4.56. The van der Waals surface area contributed by atoms with Crippen molar-refractivity contribution >= 4 is 23.7 Å². The van der Waals surface area contributed by atoms with Crippen LogP contribution in [0.15, 0.2) is 36.4 Å². The van der Waals surface area contributed by atoms with E-state index in [1.54, 1.807) is 6.08 Å². The molecule has 0 saturated heterocycles. The molecule has 1 heterocycles. The largest absolute Gasteiger partial charge is 0.362 e. The van der Waals surface area contributed by atoms with E-state index in [0.29, 0.717) is 6.04 Å². The summed E-state index contributed by atoms with van der Waals surface area (Å²) in [5, 5.41) is 6.72. The van der Waals surface area contributed by atoms with Gasteiger partial charge >= 0.3 is 0 Å². The van der Waals surface area contributed by atoms with Crippen molar-refractivity contribution in [3.8, 4) is 0 Å². The maximum Gasteiger partial charge on any atom is 0.244 e. The van der Waals surface area contributed by atoms with E-state index in [1.807, 2.05) is 36.4 Å². The third kappa shape index (κ3) is 5.63. The van der Waals surface area contributed by atoms with E-state index in [4.69, 9.17) is 9.97 Å². The first-order valence-corrected chi connectivity index (χ1v) is 11.5. The van der Waals surface area contributed by atoms with E-state index in [2.05, 4.69) is 29.6 Å². The molecule has 2 aliphatic carbocycles. The molecule has 6 heteroatoms. The molecule has 2 aromatic rings. The fraction of sp³-hybridized carbons (Fsp3) is 0.480. The van der Waals surface area contributed by atoms with Crippen LogP contribution >= 0.6 is 0 Å². The maximum atomic E-state index is 12.3. The van der Waals surface area contributed by atoms with Crippen LogP contribution in [0.5, 0.6) is 0 Å². The van der Waals surface area contributed by atoms with Crippen LogP contribution in [0.2, 0.25) is 0 Å². The van der Waals surface area contributed by atoms with Crippen LogP contribution in [0, 0.1) is 0 Å². The van der Waals surface area contributed by atoms with Crippen LogP contribution in [-0.2, 0) is 17.6 Å². The number of aryl methyl sites for hydroxylation is 1. The van der Waals surface area contributed by atoms with E-state index in [0.717, 1.165) is 55.9 Å². The number of carbonyl (C=O) groups excluding carboxylic acids is 1. The fourth-order valence-corrected chi connectivity index (χ4v) is 4.56. The van der Waals surface area contributed by atoms with Gasteiger partial charge in [-0.05, 0) is 63.0 Å². The Morgan fingerprint density at radius 2 is 1.71 bits per heavy atom. The standard InChI is InChI=1S/C25H33N5O/c1-30(2)24-21-10-6-7-11-22(21)28-25(29-24)27-20-15-13-19(14-16-20)26-23(31)17-12-18-8-4-3-5-9-18/h3-5,8-9,12,17,19-20H,6-7,10-11,13-16H2,1-2H3,(H,26,31)(H,27,28,29)/t19-,20+. The van der Waals surface area contributed by atoms with Gasteiger partial charge in [0.1, 0.15) is 5.82 Å². The molecule has 4 rings (SSSR count). The van der Waals surface area contributed by atoms with Crippen LogP contribution in [0.25, 0.3) is 6.08 Å². The lowest BCUT2D eigenvalue weighted by molar-refractivity contribution is -0.117. The Morgan fingerprint density at radius 1 is 1.00 bits per heavy atom. The van der Waals surface area contributed by atoms with Crippen LogP contribution in [0.4, 0.5) is 11.8 Å². The molecule has 2 aliphatic rings. The minimum absolute atomic E-state index is 0.0195. The van der Waals surface area contributed by atoms with Gasteiger partial charge in [0.2, 0.25) is 11.9 Å². The summed E-state index contributed by atoms with van der Waals surface area (Å²) in [6.45, 7) is 0. The molecule has 1 aromatic carbocycles. The molecular formula is C25H33N5O. The van der Waals surface area contributed by atoms with Gasteiger partial charge < -0.3 is 15.5 Å². The Bertz CT molecular complexity index is 917. The number of rotatable bonds is 6. The molecule has 31 heavy (non-hydrogen) atoms. The minimum Gasteiger partial charge on any atom is -0.362 e. The van der Waals surface area contributed by atoms with Crippen molar-refractivity contribution in [1.82, 2.24) is 15.3 Å². The molecule has 1 amide bonds. The summed E-state index contributed by atoms with van der Waals surface area (Å²) >= 11 is 0. The zero-order valence-electron chi connectivity index (χ0n) is 18.6. The van der Waals surface area contributed by atoms with Gasteiger partial charge in [0.25, 0.3) is 0 Å². The lowest BCUT2D eigenvalue weighted by atomic mass is 9.91. The van der Waals surface area contributed by atoms with Gasteiger partial charge in [0.15, 0.2) is 0 Å². The number of benzene rings is 1. The summed E-state index contributed by atoms with van der Waals surface area (Å²) < 4.78 is 0. The molecular weight excluding hydrogens is 386 g/mol. The SMILES string of the molecule is CN(C)c1nc(N[C@H]2CC[C@@H](NC(=O)C=Cc3ccccc3)CC2)nc2c1CCCC2. The lowest BCUT2D eigenvalue weighted by Gasteiger charge is -2.30. The van der Waals surface area contributed by atoms with Gasteiger partial charge in [0, 0.05) is 37.8 Å². The van der Waals surface area contributed by atoms with Crippen molar-refractivity contribution in [2.75, 3.05) is 24.3 Å². The van der Waals surface area contributed by atoms with Crippen LogP contribution in [-0.4, -0.2) is 42.1 Å². The molecule has 6 nitrogen and oxygen atoms in total. The quantitative estimate of drug-likeness (QED) is 0.693. The van der Waals surface area contributed by atoms with Gasteiger partial charge in [-0.1, -0.05) is 30.3 Å². The van der Waals surface area contributed by atoms with Crippen molar-refractivity contribution in [2.45, 2.75) is 63.5 Å². The maximum absolute atomic E-state index is 12.3. The van der Waals surface area contributed by atoms with E-state index >= 15 is 0 Å². The molecule has 0 aliphatic heterocycles. The van der Waals surface area contributed by atoms with E-state index in [9.17, 15) is 4.79 Å². The van der Waals surface area contributed by atoms with Gasteiger partial charge in [-0.15, -0.1) is 0 Å². The molecule has 0 spiro atoms. The number of hydrogen-bond donors (Lipinski definition) is 2.